The molecule has 1 atom stereocenters. The normalized spacial score (nSPS) is 24.8. The second-order valence-corrected chi connectivity index (χ2v) is 8.46. The zero-order valence-electron chi connectivity index (χ0n) is 16.6. The quantitative estimate of drug-likeness (QED) is 0.728. The average Bonchev–Trinajstić information content (AvgIpc) is 3.28. The largest absolute Gasteiger partial charge is 0.368 e. The summed E-state index contributed by atoms with van der Waals surface area (Å²) in [5.74, 6) is -0.110. The highest BCUT2D eigenvalue weighted by molar-refractivity contribution is 6.30. The first-order chi connectivity index (χ1) is 14.6. The summed E-state index contributed by atoms with van der Waals surface area (Å²) < 4.78 is 0. The van der Waals surface area contributed by atoms with E-state index >= 15 is 0 Å². The number of guanidine groups is 1. The fraction of sp³-hybridized carbons (Fsp3) is 0.476. The number of aliphatic imine (C=N–C) groups is 3. The third-order valence-electron chi connectivity index (χ3n) is 6.18. The van der Waals surface area contributed by atoms with E-state index in [2.05, 4.69) is 24.8 Å². The summed E-state index contributed by atoms with van der Waals surface area (Å²) in [6, 6.07) is 7.30. The number of amides is 3. The summed E-state index contributed by atoms with van der Waals surface area (Å²) in [6.45, 7) is 3.07. The molecule has 2 fully saturated rings. The summed E-state index contributed by atoms with van der Waals surface area (Å²) >= 11 is 6.11. The Hall–Kier alpha value is -2.74. The maximum Gasteiger partial charge on any atom is 0.352 e. The van der Waals surface area contributed by atoms with Gasteiger partial charge in [-0.05, 0) is 31.0 Å². The first kappa shape index (κ1) is 19.2. The van der Waals surface area contributed by atoms with Crippen LogP contribution in [-0.4, -0.2) is 72.0 Å². The Kier molecular flexibility index (Phi) is 5.02. The number of carbonyl (C=O) groups is 2. The van der Waals surface area contributed by atoms with E-state index in [1.165, 1.54) is 4.90 Å². The molecule has 30 heavy (non-hydrogen) atoms. The zero-order chi connectivity index (χ0) is 20.7. The molecule has 3 amide bonds. The van der Waals surface area contributed by atoms with Crippen LogP contribution in [0.2, 0.25) is 5.02 Å². The number of hydrogen-bond acceptors (Lipinski definition) is 6. The van der Waals surface area contributed by atoms with E-state index in [-0.39, 0.29) is 17.8 Å². The van der Waals surface area contributed by atoms with Crippen LogP contribution in [0.15, 0.2) is 39.2 Å². The predicted octanol–water partition coefficient (Wildman–Crippen LogP) is 2.82. The minimum Gasteiger partial charge on any atom is -0.368 e. The van der Waals surface area contributed by atoms with Crippen molar-refractivity contribution in [2.45, 2.75) is 31.7 Å². The number of urea groups is 1. The van der Waals surface area contributed by atoms with E-state index in [0.717, 1.165) is 62.6 Å². The maximum absolute atomic E-state index is 12.9. The second kappa shape index (κ2) is 7.83. The molecule has 5 rings (SSSR count). The molecule has 3 heterocycles. The SMILES string of the molecule is O=C1N=C2N=C(N3CCN(c4cccc(Cl)c4)CC3)N=CC2C(=O)N1C1CCCC1. The number of nitrogens with zero attached hydrogens (tertiary/aromatic N) is 6. The van der Waals surface area contributed by atoms with Gasteiger partial charge in [0.1, 0.15) is 5.92 Å². The number of benzene rings is 1. The molecule has 0 radical (unpaired) electrons. The lowest BCUT2D eigenvalue weighted by Crippen LogP contribution is -2.53. The van der Waals surface area contributed by atoms with Crippen LogP contribution < -0.4 is 4.90 Å². The van der Waals surface area contributed by atoms with Crippen LogP contribution in [-0.2, 0) is 4.79 Å². The van der Waals surface area contributed by atoms with Crippen LogP contribution in [0, 0.1) is 5.92 Å². The van der Waals surface area contributed by atoms with Crippen LogP contribution in [0.1, 0.15) is 25.7 Å². The number of piperazine rings is 1. The molecular formula is C21H23ClN6O2. The van der Waals surface area contributed by atoms with Gasteiger partial charge in [-0.1, -0.05) is 30.5 Å². The van der Waals surface area contributed by atoms with Crippen molar-refractivity contribution >= 4 is 47.2 Å². The van der Waals surface area contributed by atoms with Gasteiger partial charge in [-0.2, -0.15) is 9.98 Å². The van der Waals surface area contributed by atoms with Crippen LogP contribution in [0.4, 0.5) is 10.5 Å². The molecule has 8 nitrogen and oxygen atoms in total. The van der Waals surface area contributed by atoms with E-state index < -0.39 is 11.9 Å². The van der Waals surface area contributed by atoms with Gasteiger partial charge in [0.25, 0.3) is 0 Å². The van der Waals surface area contributed by atoms with Gasteiger partial charge in [-0.15, -0.1) is 0 Å². The van der Waals surface area contributed by atoms with Gasteiger partial charge in [0.05, 0.1) is 0 Å². The van der Waals surface area contributed by atoms with Crippen molar-refractivity contribution in [1.82, 2.24) is 9.80 Å². The van der Waals surface area contributed by atoms with Gasteiger partial charge >= 0.3 is 6.03 Å². The lowest BCUT2D eigenvalue weighted by atomic mass is 10.0. The monoisotopic (exact) mass is 426 g/mol. The summed E-state index contributed by atoms with van der Waals surface area (Å²) in [5, 5.41) is 0.721. The molecule has 156 valence electrons. The Labute approximate surface area is 179 Å². The minimum absolute atomic E-state index is 0.0337. The highest BCUT2D eigenvalue weighted by Crippen LogP contribution is 2.29. The fourth-order valence-electron chi connectivity index (χ4n) is 4.56. The van der Waals surface area contributed by atoms with Crippen molar-refractivity contribution in [3.63, 3.8) is 0 Å². The van der Waals surface area contributed by atoms with Gasteiger partial charge in [0.2, 0.25) is 11.9 Å². The second-order valence-electron chi connectivity index (χ2n) is 8.02. The van der Waals surface area contributed by atoms with Gasteiger partial charge in [-0.25, -0.2) is 9.79 Å². The maximum atomic E-state index is 12.9. The summed E-state index contributed by atoms with van der Waals surface area (Å²) in [7, 11) is 0. The third-order valence-corrected chi connectivity index (χ3v) is 6.41. The van der Waals surface area contributed by atoms with Gasteiger partial charge in [-0.3, -0.25) is 9.69 Å². The lowest BCUT2D eigenvalue weighted by Gasteiger charge is -2.38. The highest BCUT2D eigenvalue weighted by Gasteiger charge is 2.42. The summed E-state index contributed by atoms with van der Waals surface area (Å²) in [5.41, 5.74) is 1.09. The Bertz CT molecular complexity index is 960. The number of carbonyl (C=O) groups excluding carboxylic acids is 2. The Balaban J connectivity index is 1.29. The van der Waals surface area contributed by atoms with Crippen LogP contribution in [0.3, 0.4) is 0 Å². The Morgan fingerprint density at radius 3 is 2.43 bits per heavy atom. The Morgan fingerprint density at radius 1 is 0.967 bits per heavy atom. The molecule has 0 N–H and O–H groups in total. The first-order valence-electron chi connectivity index (χ1n) is 10.4. The van der Waals surface area contributed by atoms with Crippen molar-refractivity contribution in [2.24, 2.45) is 20.9 Å². The zero-order valence-corrected chi connectivity index (χ0v) is 17.3. The molecule has 9 heteroatoms. The molecule has 1 aliphatic carbocycles. The van der Waals surface area contributed by atoms with Crippen molar-refractivity contribution < 1.29 is 9.59 Å². The number of anilines is 1. The van der Waals surface area contributed by atoms with E-state index in [1.54, 1.807) is 6.21 Å². The molecule has 3 aliphatic heterocycles. The standard InChI is InChI=1S/C21H23ClN6O2/c22-14-4-3-7-16(12-14)26-8-10-27(11-9-26)20-23-13-17-18(24-20)25-21(30)28(19(17)29)15-5-1-2-6-15/h3-4,7,12-13,15,17H,1-2,5-6,8-11H2. The number of hydrogen-bond donors (Lipinski definition) is 0. The Morgan fingerprint density at radius 2 is 1.70 bits per heavy atom. The first-order valence-corrected chi connectivity index (χ1v) is 10.8. The summed E-state index contributed by atoms with van der Waals surface area (Å²) in [6.07, 6.45) is 5.40. The highest BCUT2D eigenvalue weighted by atomic mass is 35.5. The van der Waals surface area contributed by atoms with Crippen LogP contribution >= 0.6 is 11.6 Å². The number of amidine groups is 1. The molecule has 1 saturated carbocycles. The van der Waals surface area contributed by atoms with Crippen LogP contribution in [0.25, 0.3) is 0 Å². The van der Waals surface area contributed by atoms with Gasteiger partial charge in [0, 0.05) is 49.1 Å². The van der Waals surface area contributed by atoms with E-state index in [1.807, 2.05) is 24.3 Å². The topological polar surface area (TPSA) is 80.9 Å². The molecule has 1 saturated heterocycles. The molecule has 0 bridgehead atoms. The van der Waals surface area contributed by atoms with E-state index in [0.29, 0.717) is 5.96 Å². The van der Waals surface area contributed by atoms with Crippen LogP contribution in [0.5, 0.6) is 0 Å². The molecular weight excluding hydrogens is 404 g/mol. The predicted molar refractivity (Wildman–Crippen MR) is 117 cm³/mol. The van der Waals surface area contributed by atoms with Crippen molar-refractivity contribution in [3.8, 4) is 0 Å². The van der Waals surface area contributed by atoms with Crippen molar-refractivity contribution in [2.75, 3.05) is 31.1 Å². The molecule has 0 spiro atoms. The van der Waals surface area contributed by atoms with Gasteiger partial charge < -0.3 is 9.80 Å². The molecule has 1 aromatic rings. The number of fused-ring (bicyclic) bond motifs is 1. The summed E-state index contributed by atoms with van der Waals surface area (Å²) in [4.78, 5) is 44.2. The third kappa shape index (κ3) is 3.49. The molecule has 4 aliphatic rings. The molecule has 0 aromatic heterocycles. The smallest absolute Gasteiger partial charge is 0.352 e. The number of imide groups is 1. The lowest BCUT2D eigenvalue weighted by molar-refractivity contribution is -0.130. The van der Waals surface area contributed by atoms with E-state index in [9.17, 15) is 9.59 Å². The van der Waals surface area contributed by atoms with E-state index in [4.69, 9.17) is 11.6 Å². The average molecular weight is 427 g/mol. The molecule has 1 unspecified atom stereocenters. The van der Waals surface area contributed by atoms with Gasteiger partial charge in [0.15, 0.2) is 5.84 Å². The molecule has 1 aromatic carbocycles. The number of halogens is 1. The number of rotatable bonds is 2. The van der Waals surface area contributed by atoms with Crippen molar-refractivity contribution in [1.29, 1.82) is 0 Å². The fourth-order valence-corrected chi connectivity index (χ4v) is 4.75. The minimum atomic E-state index is -0.653. The van der Waals surface area contributed by atoms with Crippen molar-refractivity contribution in [3.05, 3.63) is 29.3 Å².